The topological polar surface area (TPSA) is 43.4 Å². The maximum Gasteiger partial charge on any atom is 0.175 e. The molecule has 0 radical (unpaired) electrons. The average Bonchev–Trinajstić information content (AvgIpc) is 2.48. The van der Waals surface area contributed by atoms with E-state index in [0.717, 1.165) is 11.1 Å². The minimum atomic E-state index is -3.22. The van der Waals surface area contributed by atoms with Crippen LogP contribution in [0.4, 0.5) is 0 Å². The summed E-state index contributed by atoms with van der Waals surface area (Å²) in [5, 5.41) is 0. The highest BCUT2D eigenvalue weighted by Crippen LogP contribution is 2.22. The summed E-state index contributed by atoms with van der Waals surface area (Å²) in [4.78, 5) is 0.318. The molecule has 0 fully saturated rings. The fourth-order valence-corrected chi connectivity index (χ4v) is 2.79. The van der Waals surface area contributed by atoms with Crippen LogP contribution in [0.2, 0.25) is 0 Å². The molecule has 0 atom stereocenters. The van der Waals surface area contributed by atoms with Gasteiger partial charge in [0.15, 0.2) is 9.84 Å². The van der Waals surface area contributed by atoms with Crippen molar-refractivity contribution in [1.82, 2.24) is 0 Å². The van der Waals surface area contributed by atoms with Gasteiger partial charge in [-0.1, -0.05) is 50.2 Å². The summed E-state index contributed by atoms with van der Waals surface area (Å²) in [7, 11) is -3.22. The summed E-state index contributed by atoms with van der Waals surface area (Å²) in [6.07, 6.45) is 1.20. The molecule has 114 valence electrons. The lowest BCUT2D eigenvalue weighted by Gasteiger charge is -2.09. The Hall–Kier alpha value is -1.81. The SMILES string of the molecule is CC.Cc1ccc(OCc2ccccc2)cc1S(C)(=O)=O. The van der Waals surface area contributed by atoms with E-state index in [2.05, 4.69) is 0 Å². The van der Waals surface area contributed by atoms with Crippen LogP contribution in [-0.2, 0) is 16.4 Å². The number of hydrogen-bond donors (Lipinski definition) is 0. The zero-order valence-corrected chi connectivity index (χ0v) is 13.8. The first kappa shape index (κ1) is 17.2. The van der Waals surface area contributed by atoms with E-state index in [1.54, 1.807) is 25.1 Å². The first-order valence-electron chi connectivity index (χ1n) is 6.94. The van der Waals surface area contributed by atoms with Crippen LogP contribution in [0.5, 0.6) is 5.75 Å². The first-order chi connectivity index (χ1) is 9.97. The number of sulfone groups is 1. The fraction of sp³-hybridized carbons (Fsp3) is 0.294. The van der Waals surface area contributed by atoms with Gasteiger partial charge in [-0.25, -0.2) is 8.42 Å². The molecule has 0 saturated heterocycles. The number of ether oxygens (including phenoxy) is 1. The molecule has 0 aliphatic carbocycles. The summed E-state index contributed by atoms with van der Waals surface area (Å²) in [6.45, 7) is 6.20. The molecule has 2 rings (SSSR count). The van der Waals surface area contributed by atoms with Crippen LogP contribution >= 0.6 is 0 Å². The molecule has 0 aliphatic heterocycles. The molecule has 2 aromatic carbocycles. The quantitative estimate of drug-likeness (QED) is 0.857. The Morgan fingerprint density at radius 3 is 2.19 bits per heavy atom. The Morgan fingerprint density at radius 1 is 1.00 bits per heavy atom. The number of benzene rings is 2. The molecule has 3 nitrogen and oxygen atoms in total. The van der Waals surface area contributed by atoms with Crippen molar-refractivity contribution in [2.75, 3.05) is 6.26 Å². The van der Waals surface area contributed by atoms with Crippen molar-refractivity contribution in [3.8, 4) is 5.75 Å². The molecule has 4 heteroatoms. The fourth-order valence-electron chi connectivity index (χ4n) is 1.81. The lowest BCUT2D eigenvalue weighted by atomic mass is 10.2. The van der Waals surface area contributed by atoms with E-state index in [1.807, 2.05) is 44.2 Å². The van der Waals surface area contributed by atoms with E-state index in [4.69, 9.17) is 4.74 Å². The molecule has 21 heavy (non-hydrogen) atoms. The van der Waals surface area contributed by atoms with Crippen molar-refractivity contribution in [3.63, 3.8) is 0 Å². The molecule has 0 spiro atoms. The van der Waals surface area contributed by atoms with Crippen molar-refractivity contribution >= 4 is 9.84 Å². The zero-order valence-electron chi connectivity index (χ0n) is 13.0. The highest BCUT2D eigenvalue weighted by molar-refractivity contribution is 7.90. The van der Waals surface area contributed by atoms with Gasteiger partial charge in [0.25, 0.3) is 0 Å². The third-order valence-corrected chi connectivity index (χ3v) is 4.05. The van der Waals surface area contributed by atoms with Gasteiger partial charge >= 0.3 is 0 Å². The molecular formula is C17H22O3S. The second-order valence-electron chi connectivity index (χ2n) is 4.47. The zero-order chi connectivity index (χ0) is 15.9. The summed E-state index contributed by atoms with van der Waals surface area (Å²) in [5.74, 6) is 0.565. The van der Waals surface area contributed by atoms with Gasteiger partial charge in [0, 0.05) is 6.26 Å². The maximum absolute atomic E-state index is 11.6. The minimum absolute atomic E-state index is 0.318. The third-order valence-electron chi connectivity index (χ3n) is 2.81. The highest BCUT2D eigenvalue weighted by atomic mass is 32.2. The normalized spacial score (nSPS) is 10.5. The van der Waals surface area contributed by atoms with Crippen molar-refractivity contribution in [1.29, 1.82) is 0 Å². The van der Waals surface area contributed by atoms with Crippen LogP contribution in [-0.4, -0.2) is 14.7 Å². The largest absolute Gasteiger partial charge is 0.489 e. The Kier molecular flexibility index (Phi) is 6.43. The van der Waals surface area contributed by atoms with E-state index in [9.17, 15) is 8.42 Å². The number of rotatable bonds is 4. The van der Waals surface area contributed by atoms with Gasteiger partial charge in [-0.3, -0.25) is 0 Å². The Labute approximate surface area is 127 Å². The Morgan fingerprint density at radius 2 is 1.62 bits per heavy atom. The van der Waals surface area contributed by atoms with E-state index in [1.165, 1.54) is 6.26 Å². The number of aryl methyl sites for hydroxylation is 1. The first-order valence-corrected chi connectivity index (χ1v) is 8.83. The van der Waals surface area contributed by atoms with E-state index >= 15 is 0 Å². The van der Waals surface area contributed by atoms with Crippen LogP contribution in [0.15, 0.2) is 53.4 Å². The van der Waals surface area contributed by atoms with Crippen LogP contribution < -0.4 is 4.74 Å². The van der Waals surface area contributed by atoms with Crippen molar-refractivity contribution in [3.05, 3.63) is 59.7 Å². The summed E-state index contributed by atoms with van der Waals surface area (Å²) in [5.41, 5.74) is 1.78. The molecule has 0 N–H and O–H groups in total. The van der Waals surface area contributed by atoms with Crippen LogP contribution in [0.1, 0.15) is 25.0 Å². The second-order valence-corrected chi connectivity index (χ2v) is 6.46. The van der Waals surface area contributed by atoms with Crippen molar-refractivity contribution in [2.45, 2.75) is 32.3 Å². The van der Waals surface area contributed by atoms with E-state index in [-0.39, 0.29) is 0 Å². The molecular weight excluding hydrogens is 284 g/mol. The van der Waals surface area contributed by atoms with E-state index in [0.29, 0.717) is 17.3 Å². The molecule has 0 aliphatic rings. The Bertz CT molecular complexity index is 662. The van der Waals surface area contributed by atoms with Gasteiger partial charge < -0.3 is 4.74 Å². The van der Waals surface area contributed by atoms with Gasteiger partial charge in [0.2, 0.25) is 0 Å². The molecule has 2 aromatic rings. The second kappa shape index (κ2) is 7.84. The molecule has 0 unspecified atom stereocenters. The van der Waals surface area contributed by atoms with Crippen LogP contribution in [0.25, 0.3) is 0 Å². The summed E-state index contributed by atoms with van der Waals surface area (Å²) < 4.78 is 28.9. The lowest BCUT2D eigenvalue weighted by molar-refractivity contribution is 0.305. The third kappa shape index (κ3) is 5.23. The standard InChI is InChI=1S/C15H16O3S.C2H6/c1-12-8-9-14(10-15(12)19(2,16)17)18-11-13-6-4-3-5-7-13;1-2/h3-10H,11H2,1-2H3;1-2H3. The van der Waals surface area contributed by atoms with Crippen molar-refractivity contribution < 1.29 is 13.2 Å². The average molecular weight is 306 g/mol. The van der Waals surface area contributed by atoms with Crippen LogP contribution in [0, 0.1) is 6.92 Å². The summed E-state index contributed by atoms with van der Waals surface area (Å²) in [6, 6.07) is 14.9. The molecule has 0 saturated carbocycles. The minimum Gasteiger partial charge on any atom is -0.489 e. The predicted molar refractivity (Wildman–Crippen MR) is 86.4 cm³/mol. The number of hydrogen-bond acceptors (Lipinski definition) is 3. The molecule has 0 bridgehead atoms. The Balaban J connectivity index is 0.00000106. The molecule has 0 amide bonds. The molecule has 0 aromatic heterocycles. The van der Waals surface area contributed by atoms with Crippen LogP contribution in [0.3, 0.4) is 0 Å². The summed E-state index contributed by atoms with van der Waals surface area (Å²) >= 11 is 0. The van der Waals surface area contributed by atoms with Gasteiger partial charge in [-0.15, -0.1) is 0 Å². The van der Waals surface area contributed by atoms with Gasteiger partial charge in [0.1, 0.15) is 12.4 Å². The monoisotopic (exact) mass is 306 g/mol. The van der Waals surface area contributed by atoms with Gasteiger partial charge in [-0.2, -0.15) is 0 Å². The lowest BCUT2D eigenvalue weighted by Crippen LogP contribution is -2.02. The van der Waals surface area contributed by atoms with Crippen molar-refractivity contribution in [2.24, 2.45) is 0 Å². The predicted octanol–water partition coefficient (Wildman–Crippen LogP) is 4.00. The highest BCUT2D eigenvalue weighted by Gasteiger charge is 2.11. The van der Waals surface area contributed by atoms with Gasteiger partial charge in [0.05, 0.1) is 4.90 Å². The maximum atomic E-state index is 11.6. The smallest absolute Gasteiger partial charge is 0.175 e. The van der Waals surface area contributed by atoms with Gasteiger partial charge in [-0.05, 0) is 30.2 Å². The van der Waals surface area contributed by atoms with E-state index < -0.39 is 9.84 Å². The molecule has 0 heterocycles.